The number of hydrogen-bond donors (Lipinski definition) is 0. The first-order valence-electron chi connectivity index (χ1n) is 10.5. The Balaban J connectivity index is 0.000000221. The predicted molar refractivity (Wildman–Crippen MR) is 119 cm³/mol. The smallest absolute Gasteiger partial charge is 0.410 e. The van der Waals surface area contributed by atoms with Gasteiger partial charge in [0, 0.05) is 32.8 Å². The van der Waals surface area contributed by atoms with E-state index >= 15 is 0 Å². The third kappa shape index (κ3) is 5.76. The number of alkyl halides is 6. The lowest BCUT2D eigenvalue weighted by Gasteiger charge is -2.40. The second kappa shape index (κ2) is 11.2. The van der Waals surface area contributed by atoms with Crippen LogP contribution in [0.15, 0.2) is 66.4 Å². The zero-order valence-electron chi connectivity index (χ0n) is 19.3. The van der Waals surface area contributed by atoms with Crippen molar-refractivity contribution in [2.45, 2.75) is 18.8 Å². The number of halogens is 6. The first-order valence-corrected chi connectivity index (χ1v) is 10.5. The summed E-state index contributed by atoms with van der Waals surface area (Å²) in [6.45, 7) is -0.479. The molecule has 2 radical (unpaired) electrons. The standard InChI is InChI=1S/C14H11F6O2.C12H11O2/c1-21-8-22-11-6-9-4-2-3-5-10(9)7-12(11,13(15,16)17)14(18,19)20;1-13-9-14-12-7-6-10-4-2-3-5-11(10)8-12/h2-5H,7-8H2,1H3;2-7H,9H2,1H3. The first kappa shape index (κ1) is 27.3. The molecule has 0 saturated heterocycles. The van der Waals surface area contributed by atoms with Gasteiger partial charge in [-0.3, -0.25) is 0 Å². The molecule has 0 bridgehead atoms. The zero-order valence-corrected chi connectivity index (χ0v) is 19.3. The molecule has 0 atom stereocenters. The van der Waals surface area contributed by atoms with E-state index in [2.05, 4.69) is 21.6 Å². The van der Waals surface area contributed by atoms with Gasteiger partial charge >= 0.3 is 12.4 Å². The molecule has 192 valence electrons. The number of benzene rings is 3. The van der Waals surface area contributed by atoms with E-state index in [4.69, 9.17) is 9.47 Å². The lowest BCUT2D eigenvalue weighted by molar-refractivity contribution is -0.338. The molecule has 4 rings (SSSR count). The Morgan fingerprint density at radius 1 is 0.778 bits per heavy atom. The van der Waals surface area contributed by atoms with Gasteiger partial charge in [0.15, 0.2) is 13.6 Å². The number of hydrogen-bond acceptors (Lipinski definition) is 4. The van der Waals surface area contributed by atoms with Crippen LogP contribution in [0, 0.1) is 17.6 Å². The summed E-state index contributed by atoms with van der Waals surface area (Å²) in [5, 5.41) is 2.22. The van der Waals surface area contributed by atoms with Crippen molar-refractivity contribution in [2.24, 2.45) is 5.41 Å². The molecule has 0 saturated carbocycles. The van der Waals surface area contributed by atoms with E-state index in [1.165, 1.54) is 24.3 Å². The summed E-state index contributed by atoms with van der Waals surface area (Å²) >= 11 is 0. The van der Waals surface area contributed by atoms with Crippen LogP contribution < -0.4 is 4.74 Å². The van der Waals surface area contributed by atoms with Crippen LogP contribution in [0.1, 0.15) is 11.1 Å². The Bertz CT molecular complexity index is 1170. The van der Waals surface area contributed by atoms with Crippen LogP contribution in [0.2, 0.25) is 0 Å². The molecular weight excluding hydrogens is 490 g/mol. The number of allylic oxidation sites excluding steroid dienone is 1. The molecule has 3 aromatic rings. The maximum absolute atomic E-state index is 13.4. The van der Waals surface area contributed by atoms with Crippen molar-refractivity contribution in [3.63, 3.8) is 0 Å². The summed E-state index contributed by atoms with van der Waals surface area (Å²) in [6.07, 6.45) is -10.4. The molecule has 36 heavy (non-hydrogen) atoms. The molecule has 0 aliphatic heterocycles. The largest absolute Gasteiger partial charge is 0.470 e. The lowest BCUT2D eigenvalue weighted by atomic mass is 9.73. The van der Waals surface area contributed by atoms with E-state index in [9.17, 15) is 26.3 Å². The van der Waals surface area contributed by atoms with Gasteiger partial charge in [-0.25, -0.2) is 0 Å². The van der Waals surface area contributed by atoms with Gasteiger partial charge in [0.05, 0.1) is 0 Å². The Labute approximate surface area is 204 Å². The molecule has 1 aliphatic rings. The molecule has 0 spiro atoms. The lowest BCUT2D eigenvalue weighted by Crippen LogP contribution is -2.54. The third-order valence-electron chi connectivity index (χ3n) is 5.36. The number of methoxy groups -OCH3 is 2. The molecule has 0 amide bonds. The molecule has 0 heterocycles. The van der Waals surface area contributed by atoms with Crippen molar-refractivity contribution < 1.29 is 45.3 Å². The monoisotopic (exact) mass is 512 g/mol. The summed E-state index contributed by atoms with van der Waals surface area (Å²) in [4.78, 5) is 0. The fourth-order valence-corrected chi connectivity index (χ4v) is 3.59. The van der Waals surface area contributed by atoms with Gasteiger partial charge in [0.1, 0.15) is 11.5 Å². The van der Waals surface area contributed by atoms with Crippen LogP contribution in [0.3, 0.4) is 0 Å². The minimum absolute atomic E-state index is 0.0954. The highest BCUT2D eigenvalue weighted by Gasteiger charge is 2.74. The number of rotatable bonds is 6. The molecular formula is C26H22F6O4. The molecule has 4 nitrogen and oxygen atoms in total. The maximum atomic E-state index is 13.4. The number of fused-ring (bicyclic) bond motifs is 2. The second-order valence-electron chi connectivity index (χ2n) is 7.70. The van der Waals surface area contributed by atoms with E-state index in [-0.39, 0.29) is 17.9 Å². The fraction of sp³-hybridized carbons (Fsp3) is 0.308. The van der Waals surface area contributed by atoms with Crippen molar-refractivity contribution in [2.75, 3.05) is 27.8 Å². The Kier molecular flexibility index (Phi) is 8.52. The van der Waals surface area contributed by atoms with Gasteiger partial charge in [-0.2, -0.15) is 26.3 Å². The minimum atomic E-state index is -5.59. The number of ether oxygens (including phenoxy) is 4. The van der Waals surface area contributed by atoms with Crippen molar-refractivity contribution in [1.82, 2.24) is 0 Å². The Morgan fingerprint density at radius 2 is 1.39 bits per heavy atom. The molecule has 1 aliphatic carbocycles. The first-order chi connectivity index (χ1) is 17.0. The predicted octanol–water partition coefficient (Wildman–Crippen LogP) is 6.63. The molecule has 0 aromatic heterocycles. The van der Waals surface area contributed by atoms with Crippen LogP contribution in [0.5, 0.6) is 5.75 Å². The third-order valence-corrected chi connectivity index (χ3v) is 5.36. The van der Waals surface area contributed by atoms with E-state index in [0.717, 1.165) is 17.9 Å². The van der Waals surface area contributed by atoms with Crippen LogP contribution >= 0.6 is 0 Å². The average Bonchev–Trinajstić information content (AvgIpc) is 2.84. The van der Waals surface area contributed by atoms with Crippen molar-refractivity contribution >= 4 is 10.8 Å². The van der Waals surface area contributed by atoms with Gasteiger partial charge < -0.3 is 18.9 Å². The quantitative estimate of drug-likeness (QED) is 0.274. The van der Waals surface area contributed by atoms with Crippen molar-refractivity contribution in [3.8, 4) is 5.75 Å². The molecule has 0 N–H and O–H groups in total. The van der Waals surface area contributed by atoms with Gasteiger partial charge in [-0.15, -0.1) is 0 Å². The Hall–Kier alpha value is -3.24. The highest BCUT2D eigenvalue weighted by atomic mass is 19.4. The van der Waals surface area contributed by atoms with E-state index in [1.54, 1.807) is 7.11 Å². The SMILES string of the molecule is COCOC1=[C]c2ccccc2CC1(C(F)(F)F)C(F)(F)F.COCOc1[c]c2ccccc2cc1. The summed E-state index contributed by atoms with van der Waals surface area (Å²) in [7, 11) is 2.70. The summed E-state index contributed by atoms with van der Waals surface area (Å²) < 4.78 is 99.3. The van der Waals surface area contributed by atoms with Crippen LogP contribution in [0.4, 0.5) is 26.3 Å². The highest BCUT2D eigenvalue weighted by Crippen LogP contribution is 2.58. The molecule has 10 heteroatoms. The van der Waals surface area contributed by atoms with Gasteiger partial charge in [-0.1, -0.05) is 54.6 Å². The Morgan fingerprint density at radius 3 is 2.06 bits per heavy atom. The molecule has 0 fully saturated rings. The van der Waals surface area contributed by atoms with Gasteiger partial charge in [0.2, 0.25) is 5.41 Å². The van der Waals surface area contributed by atoms with Crippen LogP contribution in [-0.2, 0) is 20.6 Å². The molecule has 0 unspecified atom stereocenters. The van der Waals surface area contributed by atoms with E-state index < -0.39 is 36.7 Å². The normalized spacial score (nSPS) is 14.8. The second-order valence-corrected chi connectivity index (χ2v) is 7.70. The zero-order chi connectivity index (χ0) is 26.4. The average molecular weight is 512 g/mol. The summed E-state index contributed by atoms with van der Waals surface area (Å²) in [5.74, 6) is -0.612. The highest BCUT2D eigenvalue weighted by molar-refractivity contribution is 5.83. The van der Waals surface area contributed by atoms with E-state index in [0.29, 0.717) is 5.75 Å². The summed E-state index contributed by atoms with van der Waals surface area (Å²) in [5.41, 5.74) is -4.09. The summed E-state index contributed by atoms with van der Waals surface area (Å²) in [6, 6.07) is 20.6. The topological polar surface area (TPSA) is 36.9 Å². The van der Waals surface area contributed by atoms with E-state index in [1.807, 2.05) is 36.4 Å². The van der Waals surface area contributed by atoms with Crippen LogP contribution in [0.25, 0.3) is 10.8 Å². The minimum Gasteiger partial charge on any atom is -0.470 e. The van der Waals surface area contributed by atoms with Crippen molar-refractivity contribution in [1.29, 1.82) is 0 Å². The molecule has 3 aromatic carbocycles. The van der Waals surface area contributed by atoms with Crippen LogP contribution in [-0.4, -0.2) is 40.2 Å². The van der Waals surface area contributed by atoms with Gasteiger partial charge in [-0.05, 0) is 28.0 Å². The van der Waals surface area contributed by atoms with Gasteiger partial charge in [0.25, 0.3) is 0 Å². The maximum Gasteiger partial charge on any atom is 0.410 e. The fourth-order valence-electron chi connectivity index (χ4n) is 3.59. The van der Waals surface area contributed by atoms with Crippen molar-refractivity contribution in [3.05, 3.63) is 89.7 Å².